The molecule has 1 aliphatic heterocycles. The van der Waals surface area contributed by atoms with Crippen LogP contribution in [0.1, 0.15) is 15.9 Å². The van der Waals surface area contributed by atoms with Gasteiger partial charge in [-0.15, -0.1) is 0 Å². The summed E-state index contributed by atoms with van der Waals surface area (Å²) >= 11 is 0. The third-order valence-electron chi connectivity index (χ3n) is 4.28. The van der Waals surface area contributed by atoms with E-state index in [4.69, 9.17) is 0 Å². The summed E-state index contributed by atoms with van der Waals surface area (Å²) < 4.78 is 0. The number of nitrogens with zero attached hydrogens (tertiary/aromatic N) is 1. The first kappa shape index (κ1) is 10.9. The average molecular weight is 273 g/mol. The van der Waals surface area contributed by atoms with E-state index < -0.39 is 0 Å². The van der Waals surface area contributed by atoms with Crippen molar-refractivity contribution in [3.05, 3.63) is 53.7 Å². The minimum absolute atomic E-state index is 0.00446. The number of pyridine rings is 1. The van der Waals surface area contributed by atoms with Crippen LogP contribution in [-0.2, 0) is 6.54 Å². The summed E-state index contributed by atoms with van der Waals surface area (Å²) in [7, 11) is 0. The van der Waals surface area contributed by atoms with Gasteiger partial charge >= 0.3 is 0 Å². The van der Waals surface area contributed by atoms with Gasteiger partial charge in [-0.2, -0.15) is 0 Å². The first-order valence-electron chi connectivity index (χ1n) is 6.93. The largest absolute Gasteiger partial charge is 0.353 e. The quantitative estimate of drug-likeness (QED) is 0.517. The molecule has 0 saturated carbocycles. The number of hydrogen-bond acceptors (Lipinski definition) is 2. The lowest BCUT2D eigenvalue weighted by molar-refractivity contribution is 0.0967. The van der Waals surface area contributed by atoms with Gasteiger partial charge in [0.25, 0.3) is 5.91 Å². The molecule has 3 heterocycles. The van der Waals surface area contributed by atoms with Crippen LogP contribution in [0.4, 0.5) is 0 Å². The maximum absolute atomic E-state index is 12.2. The fourth-order valence-corrected chi connectivity index (χ4v) is 3.42. The number of H-pyrrole nitrogens is 1. The van der Waals surface area contributed by atoms with E-state index in [0.29, 0.717) is 6.54 Å². The van der Waals surface area contributed by atoms with E-state index in [0.717, 1.165) is 43.8 Å². The SMILES string of the molecule is O=C1NCc2c1c1cccnc1c1[nH]c3ccccc3c21. The molecule has 4 heteroatoms. The molecule has 0 spiro atoms. The van der Waals surface area contributed by atoms with Gasteiger partial charge in [-0.3, -0.25) is 9.78 Å². The monoisotopic (exact) mass is 273 g/mol. The van der Waals surface area contributed by atoms with Crippen LogP contribution in [0.5, 0.6) is 0 Å². The molecule has 21 heavy (non-hydrogen) atoms. The summed E-state index contributed by atoms with van der Waals surface area (Å²) in [6.07, 6.45) is 1.77. The highest BCUT2D eigenvalue weighted by molar-refractivity contribution is 6.24. The van der Waals surface area contributed by atoms with Crippen molar-refractivity contribution < 1.29 is 4.79 Å². The zero-order valence-corrected chi connectivity index (χ0v) is 11.1. The van der Waals surface area contributed by atoms with E-state index in [2.05, 4.69) is 27.4 Å². The van der Waals surface area contributed by atoms with E-state index in [1.165, 1.54) is 0 Å². The summed E-state index contributed by atoms with van der Waals surface area (Å²) in [6.45, 7) is 0.581. The van der Waals surface area contributed by atoms with Gasteiger partial charge in [0, 0.05) is 34.4 Å². The number of carbonyl (C=O) groups is 1. The Hall–Kier alpha value is -2.88. The average Bonchev–Trinajstić information content (AvgIpc) is 3.08. The first-order valence-corrected chi connectivity index (χ1v) is 6.93. The normalized spacial score (nSPS) is 14.0. The number of aromatic amines is 1. The molecule has 2 N–H and O–H groups in total. The van der Waals surface area contributed by atoms with Crippen LogP contribution >= 0.6 is 0 Å². The molecule has 100 valence electrons. The lowest BCUT2D eigenvalue weighted by atomic mass is 9.98. The van der Waals surface area contributed by atoms with Gasteiger partial charge in [-0.25, -0.2) is 0 Å². The molecule has 1 amide bonds. The second-order valence-corrected chi connectivity index (χ2v) is 5.36. The Morgan fingerprint density at radius 3 is 2.86 bits per heavy atom. The molecule has 0 bridgehead atoms. The van der Waals surface area contributed by atoms with E-state index >= 15 is 0 Å². The highest BCUT2D eigenvalue weighted by atomic mass is 16.1. The fourth-order valence-electron chi connectivity index (χ4n) is 3.42. The molecular formula is C17H11N3O. The van der Waals surface area contributed by atoms with E-state index in [1.807, 2.05) is 24.3 Å². The van der Waals surface area contributed by atoms with Crippen LogP contribution in [-0.4, -0.2) is 15.9 Å². The maximum Gasteiger partial charge on any atom is 0.252 e. The van der Waals surface area contributed by atoms with E-state index in [1.54, 1.807) is 6.20 Å². The van der Waals surface area contributed by atoms with Crippen molar-refractivity contribution in [1.29, 1.82) is 0 Å². The van der Waals surface area contributed by atoms with Crippen LogP contribution < -0.4 is 5.32 Å². The van der Waals surface area contributed by atoms with Gasteiger partial charge in [0.05, 0.1) is 16.6 Å². The molecule has 2 aromatic heterocycles. The molecular weight excluding hydrogens is 262 g/mol. The zero-order valence-electron chi connectivity index (χ0n) is 11.1. The Labute approximate surface area is 119 Å². The Morgan fingerprint density at radius 1 is 1.05 bits per heavy atom. The minimum Gasteiger partial charge on any atom is -0.353 e. The fraction of sp³-hybridized carbons (Fsp3) is 0.0588. The van der Waals surface area contributed by atoms with Gasteiger partial charge < -0.3 is 10.3 Å². The molecule has 0 unspecified atom stereocenters. The number of carbonyl (C=O) groups excluding carboxylic acids is 1. The number of rotatable bonds is 0. The molecule has 4 aromatic rings. The maximum atomic E-state index is 12.2. The summed E-state index contributed by atoms with van der Waals surface area (Å²) in [6, 6.07) is 12.0. The summed E-state index contributed by atoms with van der Waals surface area (Å²) in [4.78, 5) is 20.2. The molecule has 1 aliphatic rings. The highest BCUT2D eigenvalue weighted by Crippen LogP contribution is 2.38. The molecule has 2 aromatic carbocycles. The zero-order chi connectivity index (χ0) is 14.0. The lowest BCUT2D eigenvalue weighted by Gasteiger charge is -2.05. The molecule has 0 fully saturated rings. The van der Waals surface area contributed by atoms with Gasteiger partial charge in [0.2, 0.25) is 0 Å². The Balaban J connectivity index is 2.17. The van der Waals surface area contributed by atoms with Gasteiger partial charge in [0.15, 0.2) is 0 Å². The molecule has 0 atom stereocenters. The predicted molar refractivity (Wildman–Crippen MR) is 82.3 cm³/mol. The van der Waals surface area contributed by atoms with Crippen LogP contribution in [0, 0.1) is 0 Å². The van der Waals surface area contributed by atoms with E-state index in [-0.39, 0.29) is 5.91 Å². The van der Waals surface area contributed by atoms with Crippen molar-refractivity contribution in [1.82, 2.24) is 15.3 Å². The third-order valence-corrected chi connectivity index (χ3v) is 4.28. The summed E-state index contributed by atoms with van der Waals surface area (Å²) in [5.41, 5.74) is 4.80. The third kappa shape index (κ3) is 1.24. The van der Waals surface area contributed by atoms with Crippen molar-refractivity contribution in [3.63, 3.8) is 0 Å². The smallest absolute Gasteiger partial charge is 0.252 e. The van der Waals surface area contributed by atoms with Gasteiger partial charge in [-0.1, -0.05) is 24.3 Å². The standard InChI is InChI=1S/C17H11N3O/c21-17-14-10-5-3-7-18-15(10)16-13(11(14)8-19-17)9-4-1-2-6-12(9)20-16/h1-7,20H,8H2,(H,19,21). The Bertz CT molecular complexity index is 1060. The first-order chi connectivity index (χ1) is 10.3. The van der Waals surface area contributed by atoms with Gasteiger partial charge in [-0.05, 0) is 17.7 Å². The summed E-state index contributed by atoms with van der Waals surface area (Å²) in [5.74, 6) is -0.00446. The molecule has 4 nitrogen and oxygen atoms in total. The number of hydrogen-bond donors (Lipinski definition) is 2. The van der Waals surface area contributed by atoms with Crippen molar-refractivity contribution in [2.24, 2.45) is 0 Å². The number of para-hydroxylation sites is 1. The Kier molecular flexibility index (Phi) is 1.86. The topological polar surface area (TPSA) is 57.8 Å². The number of amides is 1. The van der Waals surface area contributed by atoms with Crippen LogP contribution in [0.25, 0.3) is 32.7 Å². The number of benzene rings is 2. The predicted octanol–water partition coefficient (Wildman–Crippen LogP) is 3.11. The van der Waals surface area contributed by atoms with Crippen molar-refractivity contribution >= 4 is 38.6 Å². The van der Waals surface area contributed by atoms with Gasteiger partial charge in [0.1, 0.15) is 0 Å². The van der Waals surface area contributed by atoms with Crippen molar-refractivity contribution in [2.75, 3.05) is 0 Å². The molecule has 5 rings (SSSR count). The number of fused-ring (bicyclic) bond motifs is 8. The van der Waals surface area contributed by atoms with E-state index in [9.17, 15) is 4.79 Å². The molecule has 0 radical (unpaired) electrons. The molecule has 0 aliphatic carbocycles. The van der Waals surface area contributed by atoms with Crippen LogP contribution in [0.3, 0.4) is 0 Å². The minimum atomic E-state index is -0.00446. The number of aromatic nitrogens is 2. The second-order valence-electron chi connectivity index (χ2n) is 5.36. The summed E-state index contributed by atoms with van der Waals surface area (Å²) in [5, 5.41) is 6.12. The highest BCUT2D eigenvalue weighted by Gasteiger charge is 2.27. The van der Waals surface area contributed by atoms with Crippen molar-refractivity contribution in [2.45, 2.75) is 6.54 Å². The van der Waals surface area contributed by atoms with Crippen molar-refractivity contribution in [3.8, 4) is 0 Å². The molecule has 0 saturated heterocycles. The lowest BCUT2D eigenvalue weighted by Crippen LogP contribution is -2.12. The number of nitrogens with one attached hydrogen (secondary N) is 2. The van der Waals surface area contributed by atoms with Crippen LogP contribution in [0.2, 0.25) is 0 Å². The second kappa shape index (κ2) is 3.61. The van der Waals surface area contributed by atoms with Crippen LogP contribution in [0.15, 0.2) is 42.6 Å². The Morgan fingerprint density at radius 2 is 1.90 bits per heavy atom.